The van der Waals surface area contributed by atoms with Crippen molar-refractivity contribution in [1.82, 2.24) is 0 Å². The highest BCUT2D eigenvalue weighted by atomic mass is 35.5. The summed E-state index contributed by atoms with van der Waals surface area (Å²) in [5, 5.41) is 3.88. The molecule has 0 aliphatic heterocycles. The van der Waals surface area contributed by atoms with Crippen molar-refractivity contribution < 1.29 is 4.74 Å². The van der Waals surface area contributed by atoms with Gasteiger partial charge in [-0.25, -0.2) is 0 Å². The largest absolute Gasteiger partial charge is 0.492 e. The number of benzene rings is 1. The molecule has 0 saturated heterocycles. The Morgan fingerprint density at radius 1 is 1.50 bits per heavy atom. The minimum absolute atomic E-state index is 0.648. The summed E-state index contributed by atoms with van der Waals surface area (Å²) in [4.78, 5) is 0. The van der Waals surface area contributed by atoms with Crippen LogP contribution in [-0.2, 0) is 0 Å². The maximum atomic E-state index is 6.22. The molecule has 0 aliphatic rings. The Bertz CT molecular complexity index is 462. The van der Waals surface area contributed by atoms with E-state index in [1.807, 2.05) is 19.1 Å². The molecule has 1 nitrogen and oxygen atoms in total. The highest BCUT2D eigenvalue weighted by molar-refractivity contribution is 7.17. The minimum atomic E-state index is 0.648. The first kappa shape index (κ1) is 9.81. The molecule has 0 bridgehead atoms. The van der Waals surface area contributed by atoms with Crippen molar-refractivity contribution in [3.63, 3.8) is 0 Å². The molecule has 0 N–H and O–H groups in total. The quantitative estimate of drug-likeness (QED) is 0.744. The molecule has 0 unspecified atom stereocenters. The van der Waals surface area contributed by atoms with E-state index in [2.05, 4.69) is 12.3 Å². The zero-order chi connectivity index (χ0) is 10.1. The SMILES string of the molecule is CCOc1cc(C)c2sccc2c1Cl. The maximum Gasteiger partial charge on any atom is 0.138 e. The number of hydrogen-bond acceptors (Lipinski definition) is 2. The summed E-state index contributed by atoms with van der Waals surface area (Å²) >= 11 is 7.93. The van der Waals surface area contributed by atoms with Crippen molar-refractivity contribution in [1.29, 1.82) is 0 Å². The van der Waals surface area contributed by atoms with Gasteiger partial charge in [0.05, 0.1) is 11.6 Å². The van der Waals surface area contributed by atoms with Crippen molar-refractivity contribution in [2.24, 2.45) is 0 Å². The van der Waals surface area contributed by atoms with Gasteiger partial charge in [0.2, 0.25) is 0 Å². The molecule has 0 spiro atoms. The number of ether oxygens (including phenoxy) is 1. The number of rotatable bonds is 2. The van der Waals surface area contributed by atoms with Crippen LogP contribution < -0.4 is 4.74 Å². The van der Waals surface area contributed by atoms with E-state index in [4.69, 9.17) is 16.3 Å². The Kier molecular flexibility index (Phi) is 2.66. The summed E-state index contributed by atoms with van der Waals surface area (Å²) in [6.45, 7) is 4.69. The minimum Gasteiger partial charge on any atom is -0.492 e. The lowest BCUT2D eigenvalue weighted by atomic mass is 10.2. The second kappa shape index (κ2) is 3.79. The average molecular weight is 227 g/mol. The van der Waals surface area contributed by atoms with Crippen molar-refractivity contribution in [2.75, 3.05) is 6.61 Å². The molecule has 0 saturated carbocycles. The van der Waals surface area contributed by atoms with Crippen LogP contribution in [0.15, 0.2) is 17.5 Å². The number of aryl methyl sites for hydroxylation is 1. The van der Waals surface area contributed by atoms with E-state index in [1.54, 1.807) is 11.3 Å². The van der Waals surface area contributed by atoms with Gasteiger partial charge in [-0.3, -0.25) is 0 Å². The van der Waals surface area contributed by atoms with Crippen LogP contribution in [0, 0.1) is 6.92 Å². The first-order valence-corrected chi connectivity index (χ1v) is 5.79. The summed E-state index contributed by atoms with van der Waals surface area (Å²) in [5.41, 5.74) is 1.22. The van der Waals surface area contributed by atoms with Crippen LogP contribution in [-0.4, -0.2) is 6.61 Å². The van der Waals surface area contributed by atoms with E-state index in [0.717, 1.165) is 16.2 Å². The van der Waals surface area contributed by atoms with Gasteiger partial charge < -0.3 is 4.74 Å². The molecule has 0 fully saturated rings. The van der Waals surface area contributed by atoms with E-state index in [0.29, 0.717) is 6.61 Å². The van der Waals surface area contributed by atoms with E-state index >= 15 is 0 Å². The second-order valence-electron chi connectivity index (χ2n) is 3.10. The van der Waals surface area contributed by atoms with Crippen molar-refractivity contribution in [2.45, 2.75) is 13.8 Å². The zero-order valence-corrected chi connectivity index (χ0v) is 9.71. The van der Waals surface area contributed by atoms with Gasteiger partial charge in [-0.15, -0.1) is 11.3 Å². The number of thiophene rings is 1. The average Bonchev–Trinajstić information content (AvgIpc) is 2.63. The number of hydrogen-bond donors (Lipinski definition) is 0. The molecule has 0 radical (unpaired) electrons. The fourth-order valence-electron chi connectivity index (χ4n) is 1.51. The van der Waals surface area contributed by atoms with Crippen molar-refractivity contribution in [3.8, 4) is 5.75 Å². The van der Waals surface area contributed by atoms with Gasteiger partial charge in [0.1, 0.15) is 5.75 Å². The van der Waals surface area contributed by atoms with Crippen LogP contribution >= 0.6 is 22.9 Å². The number of fused-ring (bicyclic) bond motifs is 1. The second-order valence-corrected chi connectivity index (χ2v) is 4.40. The summed E-state index contributed by atoms with van der Waals surface area (Å²) in [6.07, 6.45) is 0. The molecule has 2 rings (SSSR count). The fraction of sp³-hybridized carbons (Fsp3) is 0.273. The molecule has 74 valence electrons. The van der Waals surface area contributed by atoms with Crippen LogP contribution in [0.25, 0.3) is 10.1 Å². The summed E-state index contributed by atoms with van der Waals surface area (Å²) in [7, 11) is 0. The van der Waals surface area contributed by atoms with Gasteiger partial charge in [0.25, 0.3) is 0 Å². The van der Waals surface area contributed by atoms with Gasteiger partial charge in [-0.1, -0.05) is 11.6 Å². The van der Waals surface area contributed by atoms with Crippen LogP contribution in [0.4, 0.5) is 0 Å². The molecular formula is C11H11ClOS. The highest BCUT2D eigenvalue weighted by Gasteiger charge is 2.09. The lowest BCUT2D eigenvalue weighted by molar-refractivity contribution is 0.341. The standard InChI is InChI=1S/C11H11ClOS/c1-3-13-9-6-7(2)11-8(10(9)12)4-5-14-11/h4-6H,3H2,1-2H3. The molecule has 2 aromatic rings. The summed E-state index contributed by atoms with van der Waals surface area (Å²) in [5.74, 6) is 0.789. The number of halogens is 1. The van der Waals surface area contributed by atoms with Crippen LogP contribution in [0.3, 0.4) is 0 Å². The van der Waals surface area contributed by atoms with E-state index in [-0.39, 0.29) is 0 Å². The van der Waals surface area contributed by atoms with E-state index < -0.39 is 0 Å². The highest BCUT2D eigenvalue weighted by Crippen LogP contribution is 2.37. The Labute approximate surface area is 92.3 Å². The van der Waals surface area contributed by atoms with Gasteiger partial charge in [0.15, 0.2) is 0 Å². The molecule has 1 heterocycles. The lowest BCUT2D eigenvalue weighted by Gasteiger charge is -2.08. The summed E-state index contributed by atoms with van der Waals surface area (Å²) < 4.78 is 6.72. The Hall–Kier alpha value is -0.730. The van der Waals surface area contributed by atoms with E-state index in [1.165, 1.54) is 10.3 Å². The summed E-state index contributed by atoms with van der Waals surface area (Å²) in [6, 6.07) is 4.04. The molecule has 0 atom stereocenters. The van der Waals surface area contributed by atoms with Crippen molar-refractivity contribution >= 4 is 33.0 Å². The third-order valence-corrected chi connectivity index (χ3v) is 3.56. The van der Waals surface area contributed by atoms with Gasteiger partial charge >= 0.3 is 0 Å². The monoisotopic (exact) mass is 226 g/mol. The maximum absolute atomic E-state index is 6.22. The third-order valence-electron chi connectivity index (χ3n) is 2.12. The molecule has 14 heavy (non-hydrogen) atoms. The van der Waals surface area contributed by atoms with Crippen LogP contribution in [0.5, 0.6) is 5.75 Å². The predicted octanol–water partition coefficient (Wildman–Crippen LogP) is 4.26. The molecule has 3 heteroatoms. The Balaban J connectivity index is 2.68. The smallest absolute Gasteiger partial charge is 0.138 e. The van der Waals surface area contributed by atoms with Crippen LogP contribution in [0.2, 0.25) is 5.02 Å². The van der Waals surface area contributed by atoms with Gasteiger partial charge in [-0.05, 0) is 36.9 Å². The molecule has 0 aliphatic carbocycles. The molecule has 1 aromatic carbocycles. The van der Waals surface area contributed by atoms with E-state index in [9.17, 15) is 0 Å². The van der Waals surface area contributed by atoms with Crippen molar-refractivity contribution in [3.05, 3.63) is 28.1 Å². The third kappa shape index (κ3) is 1.49. The fourth-order valence-corrected chi connectivity index (χ4v) is 2.71. The first-order chi connectivity index (χ1) is 6.74. The van der Waals surface area contributed by atoms with Crippen LogP contribution in [0.1, 0.15) is 12.5 Å². The molecule has 0 amide bonds. The molecule has 1 aromatic heterocycles. The normalized spacial score (nSPS) is 10.8. The van der Waals surface area contributed by atoms with Gasteiger partial charge in [-0.2, -0.15) is 0 Å². The Morgan fingerprint density at radius 2 is 2.29 bits per heavy atom. The zero-order valence-electron chi connectivity index (χ0n) is 8.13. The lowest BCUT2D eigenvalue weighted by Crippen LogP contribution is -1.92. The van der Waals surface area contributed by atoms with Gasteiger partial charge in [0, 0.05) is 10.1 Å². The topological polar surface area (TPSA) is 9.23 Å². The molecular weight excluding hydrogens is 216 g/mol. The predicted molar refractivity (Wildman–Crippen MR) is 62.7 cm³/mol. The first-order valence-electron chi connectivity index (χ1n) is 4.53. The Morgan fingerprint density at radius 3 is 3.00 bits per heavy atom.